The van der Waals surface area contributed by atoms with Gasteiger partial charge in [-0.25, -0.2) is 0 Å². The number of hydrogen-bond acceptors (Lipinski definition) is 3. The molecular formula is C17H16N2O3. The SMILES string of the molecule is COc1cc(CNC(=O)c2cc3ccccc3[nH]2)ccc1O. The van der Waals surface area contributed by atoms with E-state index in [1.807, 2.05) is 30.3 Å². The molecule has 0 fully saturated rings. The molecule has 0 saturated carbocycles. The zero-order chi connectivity index (χ0) is 15.5. The Labute approximate surface area is 127 Å². The third kappa shape index (κ3) is 2.74. The Morgan fingerprint density at radius 2 is 2.05 bits per heavy atom. The van der Waals surface area contributed by atoms with E-state index < -0.39 is 0 Å². The molecule has 1 amide bonds. The molecule has 5 nitrogen and oxygen atoms in total. The molecule has 3 rings (SSSR count). The van der Waals surface area contributed by atoms with E-state index in [9.17, 15) is 9.90 Å². The van der Waals surface area contributed by atoms with Gasteiger partial charge in [0, 0.05) is 17.4 Å². The van der Waals surface area contributed by atoms with Gasteiger partial charge in [0.2, 0.25) is 0 Å². The van der Waals surface area contributed by atoms with Crippen LogP contribution in [0.5, 0.6) is 11.5 Å². The van der Waals surface area contributed by atoms with Crippen LogP contribution in [0.1, 0.15) is 16.1 Å². The first kappa shape index (κ1) is 14.0. The van der Waals surface area contributed by atoms with Gasteiger partial charge in [-0.3, -0.25) is 4.79 Å². The number of benzene rings is 2. The maximum Gasteiger partial charge on any atom is 0.267 e. The van der Waals surface area contributed by atoms with E-state index in [1.165, 1.54) is 7.11 Å². The molecule has 0 unspecified atom stereocenters. The third-order valence-corrected chi connectivity index (χ3v) is 3.47. The van der Waals surface area contributed by atoms with Gasteiger partial charge in [-0.05, 0) is 29.8 Å². The largest absolute Gasteiger partial charge is 0.504 e. The van der Waals surface area contributed by atoms with Crippen molar-refractivity contribution >= 4 is 16.8 Å². The lowest BCUT2D eigenvalue weighted by Gasteiger charge is -2.07. The summed E-state index contributed by atoms with van der Waals surface area (Å²) in [5.74, 6) is 0.286. The van der Waals surface area contributed by atoms with Crippen LogP contribution in [0.3, 0.4) is 0 Å². The molecule has 1 heterocycles. The molecular weight excluding hydrogens is 280 g/mol. The molecule has 0 bridgehead atoms. The number of nitrogens with one attached hydrogen (secondary N) is 2. The van der Waals surface area contributed by atoms with Crippen LogP contribution in [0.4, 0.5) is 0 Å². The second-order valence-corrected chi connectivity index (χ2v) is 4.96. The topological polar surface area (TPSA) is 74.3 Å². The van der Waals surface area contributed by atoms with Crippen LogP contribution in [0, 0.1) is 0 Å². The zero-order valence-corrected chi connectivity index (χ0v) is 12.1. The fourth-order valence-electron chi connectivity index (χ4n) is 2.31. The smallest absolute Gasteiger partial charge is 0.267 e. The van der Waals surface area contributed by atoms with E-state index >= 15 is 0 Å². The number of phenols is 1. The number of H-pyrrole nitrogens is 1. The van der Waals surface area contributed by atoms with Crippen LogP contribution < -0.4 is 10.1 Å². The van der Waals surface area contributed by atoms with Crippen molar-refractivity contribution in [3.63, 3.8) is 0 Å². The van der Waals surface area contributed by atoms with Crippen LogP contribution in [0.2, 0.25) is 0 Å². The first-order valence-corrected chi connectivity index (χ1v) is 6.89. The third-order valence-electron chi connectivity index (χ3n) is 3.47. The molecule has 0 aliphatic carbocycles. The Kier molecular flexibility index (Phi) is 3.70. The van der Waals surface area contributed by atoms with Gasteiger partial charge in [0.1, 0.15) is 5.69 Å². The van der Waals surface area contributed by atoms with Crippen LogP contribution >= 0.6 is 0 Å². The average Bonchev–Trinajstić information content (AvgIpc) is 2.98. The number of fused-ring (bicyclic) bond motifs is 1. The number of ether oxygens (including phenoxy) is 1. The van der Waals surface area contributed by atoms with Crippen molar-refractivity contribution in [3.8, 4) is 11.5 Å². The molecule has 0 radical (unpaired) electrons. The molecule has 22 heavy (non-hydrogen) atoms. The van der Waals surface area contributed by atoms with Gasteiger partial charge in [-0.1, -0.05) is 24.3 Å². The number of aromatic nitrogens is 1. The highest BCUT2D eigenvalue weighted by Gasteiger charge is 2.09. The standard InChI is InChI=1S/C17H16N2O3/c1-22-16-8-11(6-7-15(16)20)10-18-17(21)14-9-12-4-2-3-5-13(12)19-14/h2-9,19-20H,10H2,1H3,(H,18,21). The molecule has 0 atom stereocenters. The summed E-state index contributed by atoms with van der Waals surface area (Å²) in [5.41, 5.74) is 2.30. The molecule has 0 aliphatic rings. The van der Waals surface area contributed by atoms with Crippen LogP contribution in [0.15, 0.2) is 48.5 Å². The van der Waals surface area contributed by atoms with Gasteiger partial charge >= 0.3 is 0 Å². The lowest BCUT2D eigenvalue weighted by Crippen LogP contribution is -2.23. The minimum atomic E-state index is -0.178. The Balaban J connectivity index is 1.72. The summed E-state index contributed by atoms with van der Waals surface area (Å²) in [6.07, 6.45) is 0. The van der Waals surface area contributed by atoms with E-state index in [2.05, 4.69) is 10.3 Å². The highest BCUT2D eigenvalue weighted by atomic mass is 16.5. The lowest BCUT2D eigenvalue weighted by molar-refractivity contribution is 0.0946. The summed E-state index contributed by atoms with van der Waals surface area (Å²) in [6, 6.07) is 14.5. The number of amides is 1. The fourth-order valence-corrected chi connectivity index (χ4v) is 2.31. The maximum absolute atomic E-state index is 12.2. The number of aromatic hydroxyl groups is 1. The summed E-state index contributed by atoms with van der Waals surface area (Å²) in [5, 5.41) is 13.4. The minimum absolute atomic E-state index is 0.0770. The second-order valence-electron chi connectivity index (χ2n) is 4.96. The first-order valence-electron chi connectivity index (χ1n) is 6.89. The van der Waals surface area contributed by atoms with Crippen molar-refractivity contribution in [3.05, 3.63) is 59.8 Å². The molecule has 0 spiro atoms. The second kappa shape index (κ2) is 5.81. The Morgan fingerprint density at radius 1 is 1.23 bits per heavy atom. The molecule has 5 heteroatoms. The van der Waals surface area contributed by atoms with Crippen molar-refractivity contribution in [1.82, 2.24) is 10.3 Å². The van der Waals surface area contributed by atoms with E-state index in [-0.39, 0.29) is 11.7 Å². The van der Waals surface area contributed by atoms with E-state index in [0.717, 1.165) is 16.5 Å². The number of methoxy groups -OCH3 is 1. The van der Waals surface area contributed by atoms with E-state index in [4.69, 9.17) is 4.74 Å². The number of phenolic OH excluding ortho intramolecular Hbond substituents is 1. The summed E-state index contributed by atoms with van der Waals surface area (Å²) in [6.45, 7) is 0.352. The number of aromatic amines is 1. The summed E-state index contributed by atoms with van der Waals surface area (Å²) < 4.78 is 5.05. The normalized spacial score (nSPS) is 10.6. The predicted molar refractivity (Wildman–Crippen MR) is 84.1 cm³/mol. The quantitative estimate of drug-likeness (QED) is 0.693. The zero-order valence-electron chi connectivity index (χ0n) is 12.1. The molecule has 2 aromatic carbocycles. The summed E-state index contributed by atoms with van der Waals surface area (Å²) in [4.78, 5) is 15.3. The highest BCUT2D eigenvalue weighted by molar-refractivity contribution is 5.97. The molecule has 0 aliphatic heterocycles. The molecule has 112 valence electrons. The molecule has 3 aromatic rings. The van der Waals surface area contributed by atoms with Gasteiger partial charge in [-0.15, -0.1) is 0 Å². The van der Waals surface area contributed by atoms with Crippen LogP contribution in [-0.2, 0) is 6.54 Å². The molecule has 3 N–H and O–H groups in total. The van der Waals surface area contributed by atoms with E-state index in [1.54, 1.807) is 18.2 Å². The van der Waals surface area contributed by atoms with E-state index in [0.29, 0.717) is 18.0 Å². The van der Waals surface area contributed by atoms with Crippen LogP contribution in [0.25, 0.3) is 10.9 Å². The van der Waals surface area contributed by atoms with Crippen molar-refractivity contribution in [2.24, 2.45) is 0 Å². The van der Waals surface area contributed by atoms with Crippen molar-refractivity contribution in [2.45, 2.75) is 6.54 Å². The predicted octanol–water partition coefficient (Wildman–Crippen LogP) is 2.81. The van der Waals surface area contributed by atoms with Gasteiger partial charge in [0.15, 0.2) is 11.5 Å². The van der Waals surface area contributed by atoms with Crippen LogP contribution in [-0.4, -0.2) is 23.1 Å². The Hall–Kier alpha value is -2.95. The number of carbonyl (C=O) groups excluding carboxylic acids is 1. The number of para-hydroxylation sites is 1. The number of rotatable bonds is 4. The van der Waals surface area contributed by atoms with Gasteiger partial charge in [0.05, 0.1) is 7.11 Å². The fraction of sp³-hybridized carbons (Fsp3) is 0.118. The summed E-state index contributed by atoms with van der Waals surface area (Å²) >= 11 is 0. The Bertz CT molecular complexity index is 791. The van der Waals surface area contributed by atoms with Crippen molar-refractivity contribution < 1.29 is 14.6 Å². The van der Waals surface area contributed by atoms with Gasteiger partial charge < -0.3 is 20.1 Å². The maximum atomic E-state index is 12.2. The van der Waals surface area contributed by atoms with Gasteiger partial charge in [-0.2, -0.15) is 0 Å². The summed E-state index contributed by atoms with van der Waals surface area (Å²) in [7, 11) is 1.49. The monoisotopic (exact) mass is 296 g/mol. The molecule has 1 aromatic heterocycles. The first-order chi connectivity index (χ1) is 10.7. The highest BCUT2D eigenvalue weighted by Crippen LogP contribution is 2.26. The molecule has 0 saturated heterocycles. The minimum Gasteiger partial charge on any atom is -0.504 e. The number of hydrogen-bond donors (Lipinski definition) is 3. The Morgan fingerprint density at radius 3 is 2.82 bits per heavy atom. The average molecular weight is 296 g/mol. The number of carbonyl (C=O) groups is 1. The van der Waals surface area contributed by atoms with Crippen molar-refractivity contribution in [2.75, 3.05) is 7.11 Å². The van der Waals surface area contributed by atoms with Gasteiger partial charge in [0.25, 0.3) is 5.91 Å². The lowest BCUT2D eigenvalue weighted by atomic mass is 10.2. The van der Waals surface area contributed by atoms with Crippen molar-refractivity contribution in [1.29, 1.82) is 0 Å².